The molecule has 3 N–H and O–H groups in total. The zero-order valence-electron chi connectivity index (χ0n) is 6.25. The molecular formula is C7H10O5. The minimum atomic E-state index is -1.10. The number of carbonyl (C=O) groups is 1. The molecular weight excluding hydrogens is 164 g/mol. The fraction of sp³-hybridized carbons (Fsp3) is 0.571. The standard InChI is InChI=1S/C7H10O5/c8-4-3-12-5(7(4)11)1-2-6(9)10/h1-2,4-5,7-8,11H,3H2,(H,9,10)/t4-,5+,7-/m0/s1. The van der Waals surface area contributed by atoms with E-state index in [1.807, 2.05) is 0 Å². The second-order valence-electron chi connectivity index (χ2n) is 2.55. The summed E-state index contributed by atoms with van der Waals surface area (Å²) in [7, 11) is 0. The molecule has 1 rings (SSSR count). The molecule has 1 heterocycles. The molecule has 0 spiro atoms. The average Bonchev–Trinajstić information content (AvgIpc) is 2.30. The zero-order chi connectivity index (χ0) is 9.14. The first-order valence-electron chi connectivity index (χ1n) is 3.50. The van der Waals surface area contributed by atoms with Crippen LogP contribution in [0.15, 0.2) is 12.2 Å². The molecule has 0 aliphatic carbocycles. The molecule has 0 aromatic carbocycles. The highest BCUT2D eigenvalue weighted by molar-refractivity contribution is 5.79. The van der Waals surface area contributed by atoms with E-state index in [-0.39, 0.29) is 6.61 Å². The van der Waals surface area contributed by atoms with Crippen LogP contribution in [0.25, 0.3) is 0 Å². The van der Waals surface area contributed by atoms with Gasteiger partial charge in [0.2, 0.25) is 0 Å². The highest BCUT2D eigenvalue weighted by Crippen LogP contribution is 2.14. The fourth-order valence-corrected chi connectivity index (χ4v) is 0.972. The van der Waals surface area contributed by atoms with Crippen molar-refractivity contribution in [1.82, 2.24) is 0 Å². The van der Waals surface area contributed by atoms with E-state index in [0.29, 0.717) is 0 Å². The highest BCUT2D eigenvalue weighted by Gasteiger charge is 2.32. The maximum absolute atomic E-state index is 10.1. The number of aliphatic hydroxyl groups is 2. The van der Waals surface area contributed by atoms with Crippen molar-refractivity contribution in [2.75, 3.05) is 6.61 Å². The first-order valence-corrected chi connectivity index (χ1v) is 3.50. The molecule has 5 nitrogen and oxygen atoms in total. The van der Waals surface area contributed by atoms with Gasteiger partial charge in [-0.05, 0) is 6.08 Å². The summed E-state index contributed by atoms with van der Waals surface area (Å²) in [5, 5.41) is 26.4. The van der Waals surface area contributed by atoms with Crippen LogP contribution in [0.5, 0.6) is 0 Å². The minimum absolute atomic E-state index is 0.0375. The van der Waals surface area contributed by atoms with Crippen LogP contribution in [0.1, 0.15) is 0 Å². The van der Waals surface area contributed by atoms with Crippen molar-refractivity contribution in [2.24, 2.45) is 0 Å². The molecule has 0 unspecified atom stereocenters. The van der Waals surface area contributed by atoms with Crippen molar-refractivity contribution in [3.63, 3.8) is 0 Å². The van der Waals surface area contributed by atoms with E-state index >= 15 is 0 Å². The molecule has 0 amide bonds. The molecule has 12 heavy (non-hydrogen) atoms. The maximum atomic E-state index is 10.1. The Morgan fingerprint density at radius 1 is 1.50 bits per heavy atom. The molecule has 1 saturated heterocycles. The summed E-state index contributed by atoms with van der Waals surface area (Å²) in [4.78, 5) is 10.1. The Kier molecular flexibility index (Phi) is 2.80. The van der Waals surface area contributed by atoms with Crippen molar-refractivity contribution in [3.8, 4) is 0 Å². The van der Waals surface area contributed by atoms with Crippen molar-refractivity contribution >= 4 is 5.97 Å². The predicted molar refractivity (Wildman–Crippen MR) is 38.5 cm³/mol. The summed E-state index contributed by atoms with van der Waals surface area (Å²) >= 11 is 0. The van der Waals surface area contributed by atoms with Crippen LogP contribution >= 0.6 is 0 Å². The number of hydrogen-bond donors (Lipinski definition) is 3. The second-order valence-corrected chi connectivity index (χ2v) is 2.55. The topological polar surface area (TPSA) is 87.0 Å². The van der Waals surface area contributed by atoms with Gasteiger partial charge < -0.3 is 20.1 Å². The first-order chi connectivity index (χ1) is 5.61. The monoisotopic (exact) mass is 174 g/mol. The maximum Gasteiger partial charge on any atom is 0.328 e. The molecule has 1 aliphatic rings. The van der Waals surface area contributed by atoms with E-state index in [4.69, 9.17) is 20.1 Å². The van der Waals surface area contributed by atoms with Gasteiger partial charge in [0.25, 0.3) is 0 Å². The van der Waals surface area contributed by atoms with Gasteiger partial charge >= 0.3 is 5.97 Å². The van der Waals surface area contributed by atoms with Gasteiger partial charge in [-0.2, -0.15) is 0 Å². The summed E-state index contributed by atoms with van der Waals surface area (Å²) in [6, 6.07) is 0. The number of aliphatic carboxylic acids is 1. The van der Waals surface area contributed by atoms with Crippen LogP contribution in [0.4, 0.5) is 0 Å². The van der Waals surface area contributed by atoms with E-state index in [2.05, 4.69) is 0 Å². The van der Waals surface area contributed by atoms with Crippen molar-refractivity contribution < 1.29 is 24.9 Å². The van der Waals surface area contributed by atoms with Crippen LogP contribution in [-0.2, 0) is 9.53 Å². The van der Waals surface area contributed by atoms with Gasteiger partial charge in [0, 0.05) is 6.08 Å². The van der Waals surface area contributed by atoms with Gasteiger partial charge in [-0.1, -0.05) is 0 Å². The molecule has 1 fully saturated rings. The van der Waals surface area contributed by atoms with Crippen molar-refractivity contribution in [3.05, 3.63) is 12.2 Å². The Morgan fingerprint density at radius 2 is 2.17 bits per heavy atom. The van der Waals surface area contributed by atoms with Crippen LogP contribution in [-0.4, -0.2) is 46.2 Å². The summed E-state index contributed by atoms with van der Waals surface area (Å²) in [5.41, 5.74) is 0. The fourth-order valence-electron chi connectivity index (χ4n) is 0.972. The number of aliphatic hydroxyl groups excluding tert-OH is 2. The third kappa shape index (κ3) is 2.04. The van der Waals surface area contributed by atoms with Crippen molar-refractivity contribution in [1.29, 1.82) is 0 Å². The number of carboxylic acids is 1. The molecule has 0 radical (unpaired) electrons. The predicted octanol–water partition coefficient (Wildman–Crippen LogP) is -1.25. The van der Waals surface area contributed by atoms with Gasteiger partial charge in [-0.25, -0.2) is 4.79 Å². The number of ether oxygens (including phenoxy) is 1. The summed E-state index contributed by atoms with van der Waals surface area (Å²) < 4.78 is 4.88. The Balaban J connectivity index is 2.49. The zero-order valence-corrected chi connectivity index (χ0v) is 6.25. The number of carboxylic acid groups (broad SMARTS) is 1. The normalized spacial score (nSPS) is 36.0. The van der Waals surface area contributed by atoms with Crippen LogP contribution < -0.4 is 0 Å². The Hall–Kier alpha value is -0.910. The lowest BCUT2D eigenvalue weighted by Gasteiger charge is -2.09. The molecule has 5 heteroatoms. The van der Waals surface area contributed by atoms with Gasteiger partial charge in [0.15, 0.2) is 0 Å². The highest BCUT2D eigenvalue weighted by atomic mass is 16.5. The summed E-state index contributed by atoms with van der Waals surface area (Å²) in [6.45, 7) is 0.0375. The lowest BCUT2D eigenvalue weighted by molar-refractivity contribution is -0.131. The van der Waals surface area contributed by atoms with Gasteiger partial charge in [-0.3, -0.25) is 0 Å². The minimum Gasteiger partial charge on any atom is -0.478 e. The number of hydrogen-bond acceptors (Lipinski definition) is 4. The van der Waals surface area contributed by atoms with Crippen molar-refractivity contribution in [2.45, 2.75) is 18.3 Å². The molecule has 68 valence electrons. The Bertz CT molecular complexity index is 200. The molecule has 0 bridgehead atoms. The summed E-state index contributed by atoms with van der Waals surface area (Å²) in [5.74, 6) is -1.10. The summed E-state index contributed by atoms with van der Waals surface area (Å²) in [6.07, 6.45) is -0.569. The van der Waals surface area contributed by atoms with E-state index < -0.39 is 24.3 Å². The second kappa shape index (κ2) is 3.66. The van der Waals surface area contributed by atoms with Crippen LogP contribution in [0.2, 0.25) is 0 Å². The van der Waals surface area contributed by atoms with E-state index in [0.717, 1.165) is 6.08 Å². The average molecular weight is 174 g/mol. The van der Waals surface area contributed by atoms with Gasteiger partial charge in [0.05, 0.1) is 6.61 Å². The van der Waals surface area contributed by atoms with Gasteiger partial charge in [0.1, 0.15) is 18.3 Å². The van der Waals surface area contributed by atoms with Crippen LogP contribution in [0, 0.1) is 0 Å². The Labute approximate surface area is 68.9 Å². The molecule has 0 aromatic heterocycles. The first kappa shape index (κ1) is 9.18. The van der Waals surface area contributed by atoms with E-state index in [1.54, 1.807) is 0 Å². The SMILES string of the molecule is O=C(O)C=C[C@H]1OC[C@H](O)[C@@H]1O. The van der Waals surface area contributed by atoms with Crippen LogP contribution in [0.3, 0.4) is 0 Å². The smallest absolute Gasteiger partial charge is 0.328 e. The quantitative estimate of drug-likeness (QED) is 0.455. The van der Waals surface area contributed by atoms with Gasteiger partial charge in [-0.15, -0.1) is 0 Å². The third-order valence-electron chi connectivity index (χ3n) is 1.62. The molecule has 3 atom stereocenters. The molecule has 1 aliphatic heterocycles. The molecule has 0 saturated carbocycles. The Morgan fingerprint density at radius 3 is 2.58 bits per heavy atom. The third-order valence-corrected chi connectivity index (χ3v) is 1.62. The van der Waals surface area contributed by atoms with E-state index in [1.165, 1.54) is 6.08 Å². The number of rotatable bonds is 2. The lowest BCUT2D eigenvalue weighted by atomic mass is 10.1. The molecule has 0 aromatic rings. The van der Waals surface area contributed by atoms with E-state index in [9.17, 15) is 4.79 Å². The lowest BCUT2D eigenvalue weighted by Crippen LogP contribution is -2.28. The largest absolute Gasteiger partial charge is 0.478 e.